The van der Waals surface area contributed by atoms with E-state index in [-0.39, 0.29) is 51.3 Å². The van der Waals surface area contributed by atoms with E-state index in [1.54, 1.807) is 100.0 Å². The molecule has 0 saturated heterocycles. The number of nitro groups is 2. The molecule has 0 saturated carbocycles. The monoisotopic (exact) mass is 1740 g/mol. The zero-order valence-corrected chi connectivity index (χ0v) is 67.5. The Labute approximate surface area is 647 Å². The molecular weight excluding hydrogens is 1670 g/mol. The predicted molar refractivity (Wildman–Crippen MR) is 411 cm³/mol. The van der Waals surface area contributed by atoms with Crippen LogP contribution in [0.5, 0.6) is 40.2 Å². The molecule has 0 unspecified atom stereocenters. The number of carbonyl (C=O) groups is 7. The highest BCUT2D eigenvalue weighted by atomic mass is 79.9. The molecule has 0 bridgehead atoms. The Morgan fingerprint density at radius 2 is 0.841 bits per heavy atom. The number of rotatable bonds is 17. The van der Waals surface area contributed by atoms with Gasteiger partial charge in [0.05, 0.1) is 112 Å². The fourth-order valence-electron chi connectivity index (χ4n) is 9.27. The van der Waals surface area contributed by atoms with E-state index in [0.29, 0.717) is 65.3 Å². The summed E-state index contributed by atoms with van der Waals surface area (Å²) in [6.07, 6.45) is 6.81. The third-order valence-corrected chi connectivity index (χ3v) is 17.5. The molecule has 9 rings (SSSR count). The van der Waals surface area contributed by atoms with Gasteiger partial charge in [-0.3, -0.25) is 20.2 Å². The summed E-state index contributed by atoms with van der Waals surface area (Å²) in [6, 6.07) is 25.2. The summed E-state index contributed by atoms with van der Waals surface area (Å²) in [7, 11) is 20.0. The Morgan fingerprint density at radius 1 is 0.439 bits per heavy atom. The molecule has 0 amide bonds. The van der Waals surface area contributed by atoms with Crippen molar-refractivity contribution in [2.45, 2.75) is 27.7 Å². The van der Waals surface area contributed by atoms with Crippen molar-refractivity contribution in [3.63, 3.8) is 0 Å². The maximum Gasteiger partial charge on any atom is 0.341 e. The number of H-pyrrole nitrogens is 2. The number of nitrogens with one attached hydrogen (secondary N) is 2. The lowest BCUT2D eigenvalue weighted by molar-refractivity contribution is -0.386. The molecule has 9 aromatic rings. The predicted octanol–water partition coefficient (Wildman–Crippen LogP) is 15.6. The van der Waals surface area contributed by atoms with Crippen molar-refractivity contribution in [2.75, 3.05) is 99.4 Å². The molecule has 4 N–H and O–H groups in total. The smallest absolute Gasteiger partial charge is 0.341 e. The highest BCUT2D eigenvalue weighted by molar-refractivity contribution is 9.11. The van der Waals surface area contributed by atoms with E-state index < -0.39 is 45.7 Å². The van der Waals surface area contributed by atoms with E-state index in [4.69, 9.17) is 43.4 Å². The van der Waals surface area contributed by atoms with Crippen LogP contribution in [-0.2, 0) is 28.4 Å². The molecule has 0 aliphatic carbocycles. The van der Waals surface area contributed by atoms with Crippen molar-refractivity contribution in [1.82, 2.24) is 14.9 Å². The van der Waals surface area contributed by atoms with Gasteiger partial charge in [0.2, 0.25) is 11.5 Å². The normalized spacial score (nSPS) is 10.0. The first kappa shape index (κ1) is 90.0. The number of carboxylic acids is 1. The van der Waals surface area contributed by atoms with E-state index >= 15 is 0 Å². The molecule has 30 nitrogen and oxygen atoms in total. The maximum atomic E-state index is 11.7. The van der Waals surface area contributed by atoms with Crippen LogP contribution in [0.25, 0.3) is 27.9 Å². The molecule has 107 heavy (non-hydrogen) atoms. The number of carboxylic acid groups (broad SMARTS) is 1. The van der Waals surface area contributed by atoms with Crippen LogP contribution in [-0.4, -0.2) is 176 Å². The van der Waals surface area contributed by atoms with Gasteiger partial charge in [0.25, 0.3) is 0 Å². The number of aromatic amines is 2. The fraction of sp³-hybridized carbons (Fsp3) is 0.247. The minimum absolute atomic E-state index is 0.0131. The molecule has 0 fully saturated rings. The molecule has 0 aliphatic heterocycles. The van der Waals surface area contributed by atoms with E-state index in [1.165, 1.54) is 110 Å². The Morgan fingerprint density at radius 3 is 1.32 bits per heavy atom. The van der Waals surface area contributed by atoms with Gasteiger partial charge in [-0.1, -0.05) is 66.0 Å². The van der Waals surface area contributed by atoms with Crippen LogP contribution in [0.2, 0.25) is 0 Å². The lowest BCUT2D eigenvalue weighted by Crippen LogP contribution is -2.08. The molecule has 0 atom stereocenters. The Hall–Kier alpha value is -11.2. The zero-order valence-electron chi connectivity index (χ0n) is 61.1. The number of phenols is 1. The summed E-state index contributed by atoms with van der Waals surface area (Å²) < 4.78 is 60.9. The van der Waals surface area contributed by atoms with E-state index in [9.17, 15) is 53.8 Å². The molecule has 7 aromatic carbocycles. The number of aromatic carboxylic acids is 1. The Kier molecular flexibility index (Phi) is 36.4. The number of carbonyl (C=O) groups excluding carboxylic acids is 6. The van der Waals surface area contributed by atoms with Gasteiger partial charge in [-0.05, 0) is 145 Å². The number of fused-ring (bicyclic) bond motifs is 2. The second-order valence-electron chi connectivity index (χ2n) is 21.5. The standard InChI is InChI=1S/C13H15BrN2O5.C11H10BrNO3.C11H11NO3.C10H10BrNO5.C10H11BrO3.C10H12O3.C8H8O3/c1-15(2)6-5-8-10(14)7-9(13(17)21-4)12(20-3)11(8)16(18)19;1-15-10-7(11(14)16-2)5-8(12)6-3-4-13-9(6)10;1-14-10-8(11(13)15-2)4-3-7-5-6-12-9(7)10;1-5-7(11)4-6(10(13)17-3)9(16-2)8(5)12(14)15;1-6-4-9(13-2)7(5-8(6)11)10(12)14-3;1-7-4-5-8(10(11)13-3)9(6-7)12-2;1-5-2-3-6(8(10)11)7(9)4-5/h5-7H,1-4H3;3-5,13H,1-2H3;3-6,12H,1-2H3;4H,1-3H3;4-5H,1-3H3;4-6H,1-3H3;2-4,9H,1H3,(H,10,11)/b6-5+;;;;;;. The second-order valence-corrected chi connectivity index (χ2v) is 24.9. The van der Waals surface area contributed by atoms with Crippen LogP contribution in [0, 0.1) is 47.9 Å². The SMILES string of the molecule is COC(=O)c1cc(Br)c(/C=C/N(C)C)c([N+](=O)[O-])c1OC.COC(=O)c1cc(Br)c(C)c([N+](=O)[O-])c1OC.COC(=O)c1cc(Br)c(C)cc1OC.COC(=O)c1cc(Br)c2cc[nH]c2c1OC.COC(=O)c1ccc(C)cc1OC.COC(=O)c1ccc2cc[nH]c2c1OC.Cc1ccc(C(=O)O)c(O)c1. The van der Waals surface area contributed by atoms with Crippen molar-refractivity contribution in [2.24, 2.45) is 0 Å². The highest BCUT2D eigenvalue weighted by Crippen LogP contribution is 2.42. The number of ether oxygens (including phenoxy) is 12. The number of nitrogens with zero attached hydrogens (tertiary/aromatic N) is 3. The summed E-state index contributed by atoms with van der Waals surface area (Å²) in [5, 5.41) is 41.9. The van der Waals surface area contributed by atoms with Crippen molar-refractivity contribution in [1.29, 1.82) is 0 Å². The molecule has 2 aromatic heterocycles. The largest absolute Gasteiger partial charge is 0.507 e. The summed E-state index contributed by atoms with van der Waals surface area (Å²) in [6.45, 7) is 7.20. The average Bonchev–Trinajstić information content (AvgIpc) is 1.76. The van der Waals surface area contributed by atoms with Gasteiger partial charge in [-0.15, -0.1) is 0 Å². The minimum Gasteiger partial charge on any atom is -0.507 e. The average molecular weight is 1740 g/mol. The molecule has 0 spiro atoms. The first-order chi connectivity index (χ1) is 50.6. The first-order valence-electron chi connectivity index (χ1n) is 30.5. The lowest BCUT2D eigenvalue weighted by Gasteiger charge is -2.12. The lowest BCUT2D eigenvalue weighted by atomic mass is 10.1. The molecule has 2 heterocycles. The topological polar surface area (TPSA) is 392 Å². The van der Waals surface area contributed by atoms with Crippen LogP contribution in [0.3, 0.4) is 0 Å². The van der Waals surface area contributed by atoms with Crippen molar-refractivity contribution in [3.8, 4) is 40.2 Å². The van der Waals surface area contributed by atoms with Gasteiger partial charge in [0.15, 0.2) is 11.5 Å². The van der Waals surface area contributed by atoms with Gasteiger partial charge in [-0.2, -0.15) is 0 Å². The zero-order chi connectivity index (χ0) is 80.9. The summed E-state index contributed by atoms with van der Waals surface area (Å²) in [4.78, 5) is 108. The van der Waals surface area contributed by atoms with Crippen LogP contribution in [0.15, 0.2) is 127 Å². The molecule has 572 valence electrons. The van der Waals surface area contributed by atoms with E-state index in [1.807, 2.05) is 38.1 Å². The highest BCUT2D eigenvalue weighted by Gasteiger charge is 2.31. The number of benzene rings is 7. The van der Waals surface area contributed by atoms with Gasteiger partial charge in [-0.25, -0.2) is 33.6 Å². The maximum absolute atomic E-state index is 11.7. The first-order valence-corrected chi connectivity index (χ1v) is 33.7. The molecule has 0 radical (unpaired) electrons. The number of hydrogen-bond donors (Lipinski definition) is 4. The van der Waals surface area contributed by atoms with Crippen LogP contribution < -0.4 is 28.4 Å². The van der Waals surface area contributed by atoms with E-state index in [0.717, 1.165) is 47.4 Å². The van der Waals surface area contributed by atoms with E-state index in [2.05, 4.69) is 97.4 Å². The number of aryl methyl sites for hydroxylation is 3. The second kappa shape index (κ2) is 43.3. The third-order valence-electron chi connectivity index (χ3n) is 14.5. The number of methoxy groups -OCH3 is 12. The summed E-state index contributed by atoms with van der Waals surface area (Å²) in [5.74, 6) is -2.43. The Bertz CT molecular complexity index is 4740. The molecule has 34 heteroatoms. The minimum atomic E-state index is -1.11. The third kappa shape index (κ3) is 23.9. The van der Waals surface area contributed by atoms with Gasteiger partial charge < -0.3 is 81.9 Å². The Balaban J connectivity index is 0.000000326. The summed E-state index contributed by atoms with van der Waals surface area (Å²) in [5.41, 5.74) is 6.26. The van der Waals surface area contributed by atoms with Crippen LogP contribution >= 0.6 is 63.7 Å². The number of hydrogen-bond acceptors (Lipinski definition) is 25. The van der Waals surface area contributed by atoms with Crippen molar-refractivity contribution < 1.29 is 110 Å². The summed E-state index contributed by atoms with van der Waals surface area (Å²) >= 11 is 13.1. The molecule has 0 aliphatic rings. The van der Waals surface area contributed by atoms with Gasteiger partial charge >= 0.3 is 53.2 Å². The van der Waals surface area contributed by atoms with Crippen molar-refractivity contribution >= 4 is 145 Å². The van der Waals surface area contributed by atoms with Crippen LogP contribution in [0.1, 0.15) is 100 Å². The number of esters is 6. The number of aromatic hydroxyl groups is 1. The number of aromatic nitrogens is 2. The van der Waals surface area contributed by atoms with Crippen molar-refractivity contribution in [3.05, 3.63) is 214 Å². The van der Waals surface area contributed by atoms with Gasteiger partial charge in [0, 0.05) is 60.7 Å². The van der Waals surface area contributed by atoms with Crippen LogP contribution in [0.4, 0.5) is 11.4 Å². The van der Waals surface area contributed by atoms with Gasteiger partial charge in [0.1, 0.15) is 56.2 Å². The number of halogens is 4. The number of nitro benzene ring substituents is 2. The molecular formula is C73H77Br4N5O25. The fourth-order valence-corrected chi connectivity index (χ4v) is 11.1. The quantitative estimate of drug-likeness (QED) is 0.0285.